The van der Waals surface area contributed by atoms with E-state index in [0.29, 0.717) is 12.0 Å². The smallest absolute Gasteiger partial charge is 0.410 e. The molecule has 1 fully saturated rings. The second-order valence-electron chi connectivity index (χ2n) is 9.62. The molecule has 0 aromatic heterocycles. The third kappa shape index (κ3) is 6.80. The monoisotopic (exact) mass is 534 g/mol. The molecular weight excluding hydrogens is 503 g/mol. The number of benzene rings is 3. The Bertz CT molecular complexity index is 1300. The number of nitrogens with zero attached hydrogens (tertiary/aromatic N) is 2. The Hall–Kier alpha value is -4.24. The van der Waals surface area contributed by atoms with E-state index in [9.17, 15) is 29.0 Å². The highest BCUT2D eigenvalue weighted by atomic mass is 19.1. The zero-order valence-electron chi connectivity index (χ0n) is 21.6. The van der Waals surface area contributed by atoms with Gasteiger partial charge in [0.15, 0.2) is 0 Å². The second kappa shape index (κ2) is 12.5. The van der Waals surface area contributed by atoms with Gasteiger partial charge in [-0.25, -0.2) is 9.18 Å². The molecule has 0 bridgehead atoms. The zero-order chi connectivity index (χ0) is 27.9. The number of aliphatic hydroxyl groups excluding tert-OH is 1. The standard InChI is InChI=1S/C30H31FN2O6/c1-20-7-5-6-10-22(20)15-16-32(18-26(34)35)29(37)27-28(36)25(23-11-13-24(31)14-12-23)17-33(27)30(38)39-19-21-8-3-2-4-9-21/h2-14,25,27-28,36H,15-19H2,1H3,(H,34,35)/t25-,27+,28-/m0/s1. The Morgan fingerprint density at radius 3 is 2.33 bits per heavy atom. The molecule has 0 aliphatic carbocycles. The van der Waals surface area contributed by atoms with Crippen molar-refractivity contribution >= 4 is 18.0 Å². The Balaban J connectivity index is 1.59. The molecule has 9 heteroatoms. The van der Waals surface area contributed by atoms with Gasteiger partial charge >= 0.3 is 12.1 Å². The van der Waals surface area contributed by atoms with Crippen LogP contribution in [0.4, 0.5) is 9.18 Å². The molecule has 2 N–H and O–H groups in total. The third-order valence-electron chi connectivity index (χ3n) is 7.01. The maximum Gasteiger partial charge on any atom is 0.410 e. The first-order chi connectivity index (χ1) is 18.7. The van der Waals surface area contributed by atoms with E-state index in [2.05, 4.69) is 0 Å². The Morgan fingerprint density at radius 1 is 1.00 bits per heavy atom. The lowest BCUT2D eigenvalue weighted by molar-refractivity contribution is -0.147. The summed E-state index contributed by atoms with van der Waals surface area (Å²) in [6.07, 6.45) is -1.77. The van der Waals surface area contributed by atoms with Crippen LogP contribution < -0.4 is 0 Å². The van der Waals surface area contributed by atoms with Crippen LogP contribution in [0.15, 0.2) is 78.9 Å². The quantitative estimate of drug-likeness (QED) is 0.433. The average Bonchev–Trinajstić information content (AvgIpc) is 3.27. The molecule has 1 aliphatic rings. The van der Waals surface area contributed by atoms with Gasteiger partial charge in [-0.1, -0.05) is 66.7 Å². The molecule has 3 aromatic carbocycles. The zero-order valence-corrected chi connectivity index (χ0v) is 21.6. The van der Waals surface area contributed by atoms with Crippen molar-refractivity contribution in [1.82, 2.24) is 9.80 Å². The fourth-order valence-electron chi connectivity index (χ4n) is 4.88. The van der Waals surface area contributed by atoms with E-state index >= 15 is 0 Å². The fourth-order valence-corrected chi connectivity index (χ4v) is 4.88. The molecule has 1 saturated heterocycles. The predicted octanol–water partition coefficient (Wildman–Crippen LogP) is 3.76. The summed E-state index contributed by atoms with van der Waals surface area (Å²) >= 11 is 0. The van der Waals surface area contributed by atoms with E-state index in [-0.39, 0.29) is 19.7 Å². The number of carboxylic acids is 1. The van der Waals surface area contributed by atoms with Crippen LogP contribution in [-0.4, -0.2) is 69.8 Å². The van der Waals surface area contributed by atoms with Crippen molar-refractivity contribution < 1.29 is 33.7 Å². The number of aryl methyl sites for hydroxylation is 1. The largest absolute Gasteiger partial charge is 0.480 e. The number of aliphatic hydroxyl groups is 1. The molecule has 2 amide bonds. The molecule has 3 atom stereocenters. The summed E-state index contributed by atoms with van der Waals surface area (Å²) in [4.78, 5) is 41.0. The second-order valence-corrected chi connectivity index (χ2v) is 9.62. The molecule has 0 unspecified atom stereocenters. The van der Waals surface area contributed by atoms with Crippen LogP contribution in [-0.2, 0) is 27.4 Å². The van der Waals surface area contributed by atoms with Gasteiger partial charge in [0.1, 0.15) is 25.0 Å². The van der Waals surface area contributed by atoms with E-state index in [1.165, 1.54) is 24.3 Å². The first kappa shape index (κ1) is 27.8. The van der Waals surface area contributed by atoms with Crippen molar-refractivity contribution in [3.8, 4) is 0 Å². The first-order valence-electron chi connectivity index (χ1n) is 12.7. The van der Waals surface area contributed by atoms with Crippen molar-refractivity contribution in [1.29, 1.82) is 0 Å². The lowest BCUT2D eigenvalue weighted by atomic mass is 9.93. The summed E-state index contributed by atoms with van der Waals surface area (Å²) < 4.78 is 19.0. The van der Waals surface area contributed by atoms with Crippen molar-refractivity contribution in [3.63, 3.8) is 0 Å². The van der Waals surface area contributed by atoms with E-state index in [1.54, 1.807) is 24.3 Å². The number of likely N-dealkylation sites (tertiary alicyclic amines) is 1. The summed E-state index contributed by atoms with van der Waals surface area (Å²) in [5.74, 6) is -3.07. The Labute approximate surface area is 226 Å². The van der Waals surface area contributed by atoms with Crippen LogP contribution in [0.3, 0.4) is 0 Å². The number of carbonyl (C=O) groups excluding carboxylic acids is 2. The number of carbonyl (C=O) groups is 3. The Kier molecular flexibility index (Phi) is 8.93. The SMILES string of the molecule is Cc1ccccc1CCN(CC(=O)O)C(=O)[C@H]1[C@@H](O)[C@H](c2ccc(F)cc2)CN1C(=O)OCc1ccccc1. The van der Waals surface area contributed by atoms with Crippen molar-refractivity contribution in [2.45, 2.75) is 38.0 Å². The number of carboxylic acid groups (broad SMARTS) is 1. The molecule has 3 aromatic rings. The number of ether oxygens (including phenoxy) is 1. The van der Waals surface area contributed by atoms with Gasteiger partial charge in [0.05, 0.1) is 6.10 Å². The van der Waals surface area contributed by atoms with Crippen LogP contribution in [0.5, 0.6) is 0 Å². The minimum absolute atomic E-state index is 0.0412. The van der Waals surface area contributed by atoms with Crippen molar-refractivity contribution in [3.05, 3.63) is 107 Å². The lowest BCUT2D eigenvalue weighted by Crippen LogP contribution is -2.53. The summed E-state index contributed by atoms with van der Waals surface area (Å²) in [5, 5.41) is 20.9. The van der Waals surface area contributed by atoms with Crippen LogP contribution in [0, 0.1) is 12.7 Å². The minimum Gasteiger partial charge on any atom is -0.480 e. The van der Waals surface area contributed by atoms with Gasteiger partial charge in [-0.05, 0) is 47.7 Å². The fraction of sp³-hybridized carbons (Fsp3) is 0.300. The van der Waals surface area contributed by atoms with Gasteiger partial charge in [0.2, 0.25) is 5.91 Å². The molecule has 1 aliphatic heterocycles. The molecule has 0 spiro atoms. The highest BCUT2D eigenvalue weighted by Crippen LogP contribution is 2.34. The molecule has 1 heterocycles. The minimum atomic E-state index is -1.38. The van der Waals surface area contributed by atoms with E-state index in [4.69, 9.17) is 4.74 Å². The van der Waals surface area contributed by atoms with Gasteiger partial charge in [0.25, 0.3) is 0 Å². The van der Waals surface area contributed by atoms with Crippen LogP contribution >= 0.6 is 0 Å². The average molecular weight is 535 g/mol. The van der Waals surface area contributed by atoms with E-state index < -0.39 is 48.4 Å². The molecule has 204 valence electrons. The number of hydrogen-bond acceptors (Lipinski definition) is 5. The Morgan fingerprint density at radius 2 is 1.67 bits per heavy atom. The predicted molar refractivity (Wildman–Crippen MR) is 141 cm³/mol. The third-order valence-corrected chi connectivity index (χ3v) is 7.01. The summed E-state index contributed by atoms with van der Waals surface area (Å²) in [5.41, 5.74) is 3.25. The molecule has 39 heavy (non-hydrogen) atoms. The number of amides is 2. The number of aliphatic carboxylic acids is 1. The maximum atomic E-state index is 13.8. The normalized spacial score (nSPS) is 18.5. The van der Waals surface area contributed by atoms with E-state index in [1.807, 2.05) is 37.3 Å². The van der Waals surface area contributed by atoms with Crippen LogP contribution in [0.1, 0.15) is 28.2 Å². The summed E-state index contributed by atoms with van der Waals surface area (Å²) in [6, 6.07) is 20.7. The van der Waals surface area contributed by atoms with Gasteiger partial charge in [-0.2, -0.15) is 0 Å². The van der Waals surface area contributed by atoms with Gasteiger partial charge < -0.3 is 19.8 Å². The number of halogens is 1. The summed E-state index contributed by atoms with van der Waals surface area (Å²) in [6.45, 7) is 1.31. The molecule has 8 nitrogen and oxygen atoms in total. The topological polar surface area (TPSA) is 107 Å². The number of rotatable bonds is 9. The van der Waals surface area contributed by atoms with Crippen molar-refractivity contribution in [2.24, 2.45) is 0 Å². The molecule has 0 saturated carbocycles. The van der Waals surface area contributed by atoms with Gasteiger partial charge in [-0.3, -0.25) is 14.5 Å². The highest BCUT2D eigenvalue weighted by molar-refractivity contribution is 5.89. The maximum absolute atomic E-state index is 13.8. The van der Waals surface area contributed by atoms with Crippen LogP contribution in [0.25, 0.3) is 0 Å². The number of hydrogen-bond donors (Lipinski definition) is 2. The van der Waals surface area contributed by atoms with Gasteiger partial charge in [-0.15, -0.1) is 0 Å². The highest BCUT2D eigenvalue weighted by Gasteiger charge is 2.49. The first-order valence-corrected chi connectivity index (χ1v) is 12.7. The van der Waals surface area contributed by atoms with Crippen LogP contribution in [0.2, 0.25) is 0 Å². The molecule has 0 radical (unpaired) electrons. The van der Waals surface area contributed by atoms with Crippen molar-refractivity contribution in [2.75, 3.05) is 19.6 Å². The summed E-state index contributed by atoms with van der Waals surface area (Å²) in [7, 11) is 0. The lowest BCUT2D eigenvalue weighted by Gasteiger charge is -2.30. The molecular formula is C30H31FN2O6. The molecule has 4 rings (SSSR count). The van der Waals surface area contributed by atoms with E-state index in [0.717, 1.165) is 26.5 Å². The van der Waals surface area contributed by atoms with Gasteiger partial charge in [0, 0.05) is 19.0 Å².